The van der Waals surface area contributed by atoms with Gasteiger partial charge in [0.2, 0.25) is 17.7 Å². The van der Waals surface area contributed by atoms with Crippen LogP contribution >= 0.6 is 11.6 Å². The van der Waals surface area contributed by atoms with E-state index in [1.807, 2.05) is 32.2 Å². The average Bonchev–Trinajstić information content (AvgIpc) is 3.56. The van der Waals surface area contributed by atoms with Crippen molar-refractivity contribution in [1.29, 1.82) is 0 Å². The lowest BCUT2D eigenvalue weighted by Crippen LogP contribution is -2.57. The molecule has 3 heterocycles. The molecule has 5 rings (SSSR count). The molecule has 0 unspecified atom stereocenters. The number of fused-ring (bicyclic) bond motifs is 1. The Bertz CT molecular complexity index is 1140. The lowest BCUT2D eigenvalue weighted by atomic mass is 9.74. The minimum atomic E-state index is -1.14. The predicted octanol–water partition coefficient (Wildman–Crippen LogP) is 3.92. The molecule has 3 amide bonds. The third-order valence-electron chi connectivity index (χ3n) is 8.93. The highest BCUT2D eigenvalue weighted by atomic mass is 35.5. The number of carbonyl (C=O) groups is 3. The summed E-state index contributed by atoms with van der Waals surface area (Å²) in [6.45, 7) is 6.03. The van der Waals surface area contributed by atoms with Crippen LogP contribution in [0.3, 0.4) is 0 Å². The second kappa shape index (κ2) is 11.6. The van der Waals surface area contributed by atoms with Crippen molar-refractivity contribution in [3.05, 3.63) is 40.9 Å². The number of nitrogens with zero attached hydrogens (tertiary/aromatic N) is 2. The standard InChI is InChI=1S/C30H41ClN4O4/c1-4-5-15-34(3)16-17-35-26(28(37)32-20-9-7-6-8-10-20)30-14-13-23(39-30)24(25(30)29(35)38)27(36)33-21-12-11-19(2)22(31)18-21/h11-14,18,20,23-26H,4-10,15-17H2,1-3H3,(H,32,37)(H,33,36)/t23-,24+,25-,26-,30-/m0/s1. The third-order valence-corrected chi connectivity index (χ3v) is 9.34. The second-order valence-electron chi connectivity index (χ2n) is 11.7. The number of nitrogens with one attached hydrogen (secondary N) is 2. The summed E-state index contributed by atoms with van der Waals surface area (Å²) in [7, 11) is 2.04. The van der Waals surface area contributed by atoms with Gasteiger partial charge in [0.15, 0.2) is 0 Å². The lowest BCUT2D eigenvalue weighted by molar-refractivity contribution is -0.141. The molecule has 5 atom stereocenters. The van der Waals surface area contributed by atoms with Crippen LogP contribution in [0.15, 0.2) is 30.4 Å². The van der Waals surface area contributed by atoms with E-state index in [4.69, 9.17) is 16.3 Å². The number of likely N-dealkylation sites (tertiary alicyclic amines) is 1. The van der Waals surface area contributed by atoms with Crippen molar-refractivity contribution in [2.75, 3.05) is 32.0 Å². The maximum atomic E-state index is 14.1. The van der Waals surface area contributed by atoms with Gasteiger partial charge in [-0.25, -0.2) is 0 Å². The van der Waals surface area contributed by atoms with Crippen LogP contribution in [0, 0.1) is 18.8 Å². The molecular weight excluding hydrogens is 516 g/mol. The highest BCUT2D eigenvalue weighted by Crippen LogP contribution is 2.55. The van der Waals surface area contributed by atoms with Crippen LogP contribution in [-0.2, 0) is 19.1 Å². The summed E-state index contributed by atoms with van der Waals surface area (Å²) >= 11 is 6.28. The first kappa shape index (κ1) is 28.1. The molecular formula is C30H41ClN4O4. The number of halogens is 1. The van der Waals surface area contributed by atoms with Gasteiger partial charge >= 0.3 is 0 Å². The number of aryl methyl sites for hydroxylation is 1. The molecule has 1 saturated carbocycles. The van der Waals surface area contributed by atoms with Crippen LogP contribution in [0.2, 0.25) is 5.02 Å². The fraction of sp³-hybridized carbons (Fsp3) is 0.633. The predicted molar refractivity (Wildman–Crippen MR) is 151 cm³/mol. The molecule has 39 heavy (non-hydrogen) atoms. The van der Waals surface area contributed by atoms with Gasteiger partial charge in [-0.3, -0.25) is 14.4 Å². The summed E-state index contributed by atoms with van der Waals surface area (Å²) in [5, 5.41) is 6.75. The highest BCUT2D eigenvalue weighted by Gasteiger charge is 2.72. The monoisotopic (exact) mass is 556 g/mol. The molecule has 1 spiro atoms. The van der Waals surface area contributed by atoms with Gasteiger partial charge in [0.1, 0.15) is 11.6 Å². The van der Waals surface area contributed by atoms with E-state index in [2.05, 4.69) is 22.5 Å². The first-order valence-corrected chi connectivity index (χ1v) is 14.9. The Balaban J connectivity index is 1.40. The van der Waals surface area contributed by atoms with E-state index in [0.29, 0.717) is 23.8 Å². The molecule has 8 nitrogen and oxygen atoms in total. The van der Waals surface area contributed by atoms with Crippen LogP contribution in [0.25, 0.3) is 0 Å². The Morgan fingerprint density at radius 2 is 1.95 bits per heavy atom. The number of unbranched alkanes of at least 4 members (excludes halogenated alkanes) is 1. The molecule has 1 aromatic carbocycles. The minimum absolute atomic E-state index is 0.110. The molecule has 2 bridgehead atoms. The molecule has 1 aromatic rings. The first-order valence-electron chi connectivity index (χ1n) is 14.5. The Morgan fingerprint density at radius 3 is 2.67 bits per heavy atom. The molecule has 9 heteroatoms. The van der Waals surface area contributed by atoms with Crippen molar-refractivity contribution >= 4 is 35.0 Å². The van der Waals surface area contributed by atoms with E-state index in [9.17, 15) is 14.4 Å². The number of carbonyl (C=O) groups excluding carboxylic acids is 3. The fourth-order valence-electron chi connectivity index (χ4n) is 6.75. The van der Waals surface area contributed by atoms with Crippen molar-refractivity contribution in [2.45, 2.75) is 82.6 Å². The van der Waals surface area contributed by atoms with Gasteiger partial charge in [-0.1, -0.05) is 62.4 Å². The Morgan fingerprint density at radius 1 is 1.18 bits per heavy atom. The summed E-state index contributed by atoms with van der Waals surface area (Å²) < 4.78 is 6.46. The van der Waals surface area contributed by atoms with Gasteiger partial charge in [0, 0.05) is 29.8 Å². The maximum absolute atomic E-state index is 14.1. The molecule has 1 aliphatic carbocycles. The van der Waals surface area contributed by atoms with Crippen LogP contribution in [-0.4, -0.2) is 78.0 Å². The molecule has 4 aliphatic rings. The summed E-state index contributed by atoms with van der Waals surface area (Å²) in [5.41, 5.74) is 0.343. The van der Waals surface area contributed by atoms with Crippen molar-refractivity contribution in [3.63, 3.8) is 0 Å². The fourth-order valence-corrected chi connectivity index (χ4v) is 6.93. The smallest absolute Gasteiger partial charge is 0.246 e. The maximum Gasteiger partial charge on any atom is 0.246 e. The van der Waals surface area contributed by atoms with Crippen LogP contribution in [0.1, 0.15) is 57.4 Å². The zero-order valence-corrected chi connectivity index (χ0v) is 24.0. The topological polar surface area (TPSA) is 91.0 Å². The number of amides is 3. The average molecular weight is 557 g/mol. The van der Waals surface area contributed by atoms with Crippen molar-refractivity contribution < 1.29 is 19.1 Å². The molecule has 2 saturated heterocycles. The summed E-state index contributed by atoms with van der Waals surface area (Å²) in [4.78, 5) is 45.5. The Hall–Kier alpha value is -2.42. The van der Waals surface area contributed by atoms with Crippen LogP contribution < -0.4 is 10.6 Å². The zero-order chi connectivity index (χ0) is 27.7. The number of likely N-dealkylation sites (N-methyl/N-ethyl adjacent to an activating group) is 1. The Kier molecular flexibility index (Phi) is 8.36. The normalized spacial score (nSPS) is 29.8. The zero-order valence-electron chi connectivity index (χ0n) is 23.2. The molecule has 3 aliphatic heterocycles. The van der Waals surface area contributed by atoms with Gasteiger partial charge in [0.25, 0.3) is 0 Å². The molecule has 0 radical (unpaired) electrons. The largest absolute Gasteiger partial charge is 0.359 e. The molecule has 212 valence electrons. The summed E-state index contributed by atoms with van der Waals surface area (Å²) in [6.07, 6.45) is 10.6. The lowest BCUT2D eigenvalue weighted by Gasteiger charge is -2.34. The third kappa shape index (κ3) is 5.35. The summed E-state index contributed by atoms with van der Waals surface area (Å²) in [5.74, 6) is -2.13. The number of rotatable bonds is 10. The van der Waals surface area contributed by atoms with Crippen molar-refractivity contribution in [2.24, 2.45) is 11.8 Å². The molecule has 0 aromatic heterocycles. The minimum Gasteiger partial charge on any atom is -0.359 e. The van der Waals surface area contributed by atoms with Gasteiger partial charge < -0.3 is 25.2 Å². The van der Waals surface area contributed by atoms with E-state index in [0.717, 1.165) is 50.6 Å². The highest BCUT2D eigenvalue weighted by molar-refractivity contribution is 6.31. The van der Waals surface area contributed by atoms with E-state index in [-0.39, 0.29) is 23.8 Å². The van der Waals surface area contributed by atoms with Gasteiger partial charge in [-0.15, -0.1) is 0 Å². The van der Waals surface area contributed by atoms with Gasteiger partial charge in [-0.2, -0.15) is 0 Å². The molecule has 3 fully saturated rings. The number of hydrogen-bond donors (Lipinski definition) is 2. The van der Waals surface area contributed by atoms with E-state index in [1.165, 1.54) is 6.42 Å². The SMILES string of the molecule is CCCCN(C)CCN1C(=O)[C@@H]2[C@H](C(=O)Nc3ccc(C)c(Cl)c3)[C@@H]3C=C[C@@]2(O3)[C@@H]1C(=O)NC1CCCCC1. The molecule has 2 N–H and O–H groups in total. The number of ether oxygens (including phenoxy) is 1. The number of hydrogen-bond acceptors (Lipinski definition) is 5. The number of benzene rings is 1. The van der Waals surface area contributed by atoms with Crippen LogP contribution in [0.5, 0.6) is 0 Å². The first-order chi connectivity index (χ1) is 18.7. The summed E-state index contributed by atoms with van der Waals surface area (Å²) in [6, 6.07) is 4.67. The quantitative estimate of drug-likeness (QED) is 0.426. The van der Waals surface area contributed by atoms with Crippen molar-refractivity contribution in [1.82, 2.24) is 15.1 Å². The van der Waals surface area contributed by atoms with E-state index >= 15 is 0 Å². The van der Waals surface area contributed by atoms with Gasteiger partial charge in [-0.05, 0) is 57.5 Å². The number of anilines is 1. The van der Waals surface area contributed by atoms with E-state index in [1.54, 1.807) is 17.0 Å². The Labute approximate surface area is 236 Å². The van der Waals surface area contributed by atoms with E-state index < -0.39 is 29.6 Å². The van der Waals surface area contributed by atoms with Crippen LogP contribution in [0.4, 0.5) is 5.69 Å². The van der Waals surface area contributed by atoms with Crippen molar-refractivity contribution in [3.8, 4) is 0 Å². The van der Waals surface area contributed by atoms with Gasteiger partial charge in [0.05, 0.1) is 17.9 Å². The second-order valence-corrected chi connectivity index (χ2v) is 12.1.